The number of aliphatic hydroxyl groups excluding tert-OH is 3. The molecule has 9 nitrogen and oxygen atoms in total. The van der Waals surface area contributed by atoms with Crippen LogP contribution >= 0.6 is 21.6 Å². The van der Waals surface area contributed by atoms with E-state index in [1.807, 2.05) is 6.07 Å². The lowest BCUT2D eigenvalue weighted by molar-refractivity contribution is -0.0808. The number of fused-ring (bicyclic) bond motifs is 1. The molecule has 2 aromatic carbocycles. The van der Waals surface area contributed by atoms with Gasteiger partial charge in [-0.2, -0.15) is 0 Å². The van der Waals surface area contributed by atoms with Crippen LogP contribution in [0.4, 0.5) is 0 Å². The van der Waals surface area contributed by atoms with Crippen LogP contribution in [0, 0.1) is 5.92 Å². The lowest BCUT2D eigenvalue weighted by atomic mass is 9.86. The zero-order chi connectivity index (χ0) is 26.9. The fourth-order valence-corrected chi connectivity index (χ4v) is 6.83. The van der Waals surface area contributed by atoms with Gasteiger partial charge in [0.05, 0.1) is 39.6 Å². The van der Waals surface area contributed by atoms with Crippen LogP contribution < -0.4 is 14.2 Å². The van der Waals surface area contributed by atoms with E-state index in [0.29, 0.717) is 36.5 Å². The average molecular weight is 557 g/mol. The molecule has 0 spiro atoms. The predicted molar refractivity (Wildman–Crippen MR) is 144 cm³/mol. The Kier molecular flexibility index (Phi) is 11.4. The van der Waals surface area contributed by atoms with Crippen molar-refractivity contribution in [3.8, 4) is 28.7 Å². The largest absolute Gasteiger partial charge is 0.504 e. The zero-order valence-electron chi connectivity index (χ0n) is 21.3. The second-order valence-electron chi connectivity index (χ2n) is 8.88. The summed E-state index contributed by atoms with van der Waals surface area (Å²) < 4.78 is 21.4. The molecular formula is C26H36O9S2. The highest BCUT2D eigenvalue weighted by Crippen LogP contribution is 2.40. The van der Waals surface area contributed by atoms with Gasteiger partial charge in [0, 0.05) is 17.4 Å². The Morgan fingerprint density at radius 3 is 2.16 bits per heavy atom. The number of aliphatic hydroxyl groups is 3. The number of rotatable bonds is 7. The first-order valence-corrected chi connectivity index (χ1v) is 14.5. The molecule has 11 heteroatoms. The van der Waals surface area contributed by atoms with Crippen molar-refractivity contribution in [2.24, 2.45) is 5.92 Å². The third-order valence-electron chi connectivity index (χ3n) is 6.59. The maximum absolute atomic E-state index is 11.3. The van der Waals surface area contributed by atoms with Gasteiger partial charge in [0.15, 0.2) is 23.0 Å². The summed E-state index contributed by atoms with van der Waals surface area (Å²) in [5.41, 5.74) is 2.67. The molecule has 0 fully saturated rings. The van der Waals surface area contributed by atoms with Gasteiger partial charge >= 0.3 is 0 Å². The highest BCUT2D eigenvalue weighted by atomic mass is 33.1. The molecule has 0 bridgehead atoms. The number of hydrogen-bond donors (Lipinski definition) is 5. The topological polar surface area (TPSA) is 138 Å². The molecule has 37 heavy (non-hydrogen) atoms. The van der Waals surface area contributed by atoms with Gasteiger partial charge in [0.2, 0.25) is 5.75 Å². The van der Waals surface area contributed by atoms with E-state index in [9.17, 15) is 25.5 Å². The van der Waals surface area contributed by atoms with Gasteiger partial charge in [-0.1, -0.05) is 21.6 Å². The number of phenolic OH excluding ortho intramolecular Hbond substituents is 2. The molecule has 0 aromatic heterocycles. The van der Waals surface area contributed by atoms with Gasteiger partial charge in [-0.3, -0.25) is 0 Å². The second-order valence-corrected chi connectivity index (χ2v) is 11.4. The van der Waals surface area contributed by atoms with E-state index in [0.717, 1.165) is 16.7 Å². The van der Waals surface area contributed by atoms with Crippen molar-refractivity contribution in [3.63, 3.8) is 0 Å². The van der Waals surface area contributed by atoms with Crippen molar-refractivity contribution in [3.05, 3.63) is 41.0 Å². The molecule has 3 rings (SSSR count). The van der Waals surface area contributed by atoms with E-state index in [1.165, 1.54) is 32.1 Å². The second kappa shape index (κ2) is 14.2. The maximum Gasteiger partial charge on any atom is 0.200 e. The van der Waals surface area contributed by atoms with Crippen molar-refractivity contribution >= 4 is 21.6 Å². The Morgan fingerprint density at radius 2 is 1.54 bits per heavy atom. The molecule has 1 aliphatic rings. The molecule has 0 aliphatic carbocycles. The Morgan fingerprint density at radius 1 is 0.865 bits per heavy atom. The molecule has 4 atom stereocenters. The summed E-state index contributed by atoms with van der Waals surface area (Å²) in [6.45, 7) is -0.492. The summed E-state index contributed by atoms with van der Waals surface area (Å²) in [5, 5.41) is 52.4. The minimum atomic E-state index is -0.933. The van der Waals surface area contributed by atoms with Crippen LogP contribution in [0.3, 0.4) is 0 Å². The molecule has 1 aliphatic heterocycles. The molecule has 0 saturated carbocycles. The minimum absolute atomic E-state index is 0.0644. The summed E-state index contributed by atoms with van der Waals surface area (Å²) >= 11 is 0. The summed E-state index contributed by atoms with van der Waals surface area (Å²) in [6, 6.07) is 6.84. The number of ether oxygens (including phenoxy) is 4. The summed E-state index contributed by atoms with van der Waals surface area (Å²) in [4.78, 5) is 0. The summed E-state index contributed by atoms with van der Waals surface area (Å²) in [5.74, 6) is 1.23. The van der Waals surface area contributed by atoms with E-state index >= 15 is 0 Å². The molecule has 1 heterocycles. The van der Waals surface area contributed by atoms with Crippen molar-refractivity contribution in [2.75, 3.05) is 33.9 Å². The van der Waals surface area contributed by atoms with Gasteiger partial charge in [-0.25, -0.2) is 0 Å². The number of phenols is 2. The van der Waals surface area contributed by atoms with Crippen LogP contribution in [0.5, 0.6) is 28.7 Å². The first kappa shape index (κ1) is 29.5. The molecule has 5 N–H and O–H groups in total. The van der Waals surface area contributed by atoms with Gasteiger partial charge in [0.25, 0.3) is 0 Å². The number of methoxy groups -OCH3 is 3. The monoisotopic (exact) mass is 556 g/mol. The Labute approximate surface area is 225 Å². The van der Waals surface area contributed by atoms with E-state index in [2.05, 4.69) is 0 Å². The number of aromatic hydroxyl groups is 2. The molecule has 2 aromatic rings. The molecule has 0 radical (unpaired) electrons. The minimum Gasteiger partial charge on any atom is -0.504 e. The lowest BCUT2D eigenvalue weighted by Crippen LogP contribution is -2.37. The number of aryl methyl sites for hydroxylation is 1. The van der Waals surface area contributed by atoms with Crippen LogP contribution in [0.15, 0.2) is 24.3 Å². The van der Waals surface area contributed by atoms with Crippen LogP contribution in [-0.2, 0) is 23.3 Å². The SMILES string of the molecule is COc1cc2c(cc1O)CSSC[C@H](O)[C@@H](Cc1cc(OC)c(O)c(OC)c1)[C@H](O)C[C@@H](OCO)CC2. The highest BCUT2D eigenvalue weighted by molar-refractivity contribution is 8.76. The Bertz CT molecular complexity index is 995. The third kappa shape index (κ3) is 7.75. The van der Waals surface area contributed by atoms with Crippen LogP contribution in [0.25, 0.3) is 0 Å². The van der Waals surface area contributed by atoms with E-state index in [1.54, 1.807) is 29.0 Å². The quantitative estimate of drug-likeness (QED) is 0.254. The van der Waals surface area contributed by atoms with Crippen LogP contribution in [0.1, 0.15) is 29.5 Å². The van der Waals surface area contributed by atoms with Gasteiger partial charge in [-0.15, -0.1) is 0 Å². The Hall–Kier alpha value is -2.02. The molecule has 0 unspecified atom stereocenters. The van der Waals surface area contributed by atoms with Crippen molar-refractivity contribution in [1.82, 2.24) is 0 Å². The average Bonchev–Trinajstić information content (AvgIpc) is 2.89. The lowest BCUT2D eigenvalue weighted by Gasteiger charge is -2.30. The van der Waals surface area contributed by atoms with E-state index in [4.69, 9.17) is 18.9 Å². The van der Waals surface area contributed by atoms with Crippen molar-refractivity contribution < 1.29 is 44.5 Å². The fraction of sp³-hybridized carbons (Fsp3) is 0.538. The maximum atomic E-state index is 11.3. The fourth-order valence-electron chi connectivity index (χ4n) is 4.53. The number of hydrogen-bond acceptors (Lipinski definition) is 11. The van der Waals surface area contributed by atoms with Gasteiger partial charge in [0.1, 0.15) is 6.79 Å². The molecule has 206 valence electrons. The van der Waals surface area contributed by atoms with Crippen LogP contribution in [-0.4, -0.2) is 77.7 Å². The smallest absolute Gasteiger partial charge is 0.200 e. The summed E-state index contributed by atoms with van der Waals surface area (Å²) in [6.07, 6.45) is -0.634. The molecular weight excluding hydrogens is 520 g/mol. The molecule has 0 saturated heterocycles. The molecule has 0 amide bonds. The van der Waals surface area contributed by atoms with Crippen LogP contribution in [0.2, 0.25) is 0 Å². The normalized spacial score (nSPS) is 23.2. The standard InChI is InChI=1S/C26H36O9S2/c1-32-23-10-16-4-5-18(35-14-27)11-20(28)19(22(30)13-37-36-12-17(16)9-21(23)29)6-15-7-24(33-2)26(31)25(8-15)34-3/h7-10,18-20,22,27-31H,4-6,11-14H2,1-3H3/t18-,19-,20+,22-/m0/s1. The zero-order valence-corrected chi connectivity index (χ0v) is 22.9. The predicted octanol–water partition coefficient (Wildman–Crippen LogP) is 3.26. The van der Waals surface area contributed by atoms with Gasteiger partial charge in [-0.05, 0) is 66.6 Å². The third-order valence-corrected chi connectivity index (χ3v) is 8.92. The van der Waals surface area contributed by atoms with Gasteiger partial charge < -0.3 is 44.5 Å². The highest BCUT2D eigenvalue weighted by Gasteiger charge is 2.31. The van der Waals surface area contributed by atoms with Crippen molar-refractivity contribution in [1.29, 1.82) is 0 Å². The van der Waals surface area contributed by atoms with Crippen molar-refractivity contribution in [2.45, 2.75) is 49.7 Å². The first-order valence-electron chi connectivity index (χ1n) is 12.0. The van der Waals surface area contributed by atoms with E-state index in [-0.39, 0.29) is 29.4 Å². The van der Waals surface area contributed by atoms with E-state index < -0.39 is 31.0 Å². The first-order chi connectivity index (χ1) is 17.8. The summed E-state index contributed by atoms with van der Waals surface area (Å²) in [7, 11) is 7.43. The number of benzene rings is 2. The Balaban J connectivity index is 1.88.